The van der Waals surface area contributed by atoms with Crippen molar-refractivity contribution in [2.24, 2.45) is 15.4 Å². The zero-order valence-corrected chi connectivity index (χ0v) is 13.0. The Labute approximate surface area is 132 Å². The Morgan fingerprint density at radius 2 is 1.91 bits per heavy atom. The Morgan fingerprint density at radius 3 is 2.73 bits per heavy atom. The second-order valence-corrected chi connectivity index (χ2v) is 6.78. The molecule has 1 spiro atoms. The first-order valence-electron chi connectivity index (χ1n) is 8.43. The van der Waals surface area contributed by atoms with Crippen LogP contribution in [0, 0.1) is 5.41 Å². The van der Waals surface area contributed by atoms with Crippen LogP contribution >= 0.6 is 0 Å². The van der Waals surface area contributed by atoms with Gasteiger partial charge < -0.3 is 5.32 Å². The number of allylic oxidation sites excluding steroid dienone is 1. The van der Waals surface area contributed by atoms with Gasteiger partial charge in [0.15, 0.2) is 0 Å². The highest BCUT2D eigenvalue weighted by atomic mass is 15.1. The minimum Gasteiger partial charge on any atom is -0.342 e. The van der Waals surface area contributed by atoms with Crippen molar-refractivity contribution >= 4 is 12.1 Å². The highest BCUT2D eigenvalue weighted by Crippen LogP contribution is 2.45. The molecule has 0 radical (unpaired) electrons. The molecule has 0 unspecified atom stereocenters. The minimum absolute atomic E-state index is 0.250. The molecule has 3 aliphatic rings. The maximum Gasteiger partial charge on any atom is 0.108 e. The molecule has 1 N–H and O–H groups in total. The molecule has 114 valence electrons. The molecule has 3 nitrogen and oxygen atoms in total. The summed E-state index contributed by atoms with van der Waals surface area (Å²) in [5.74, 6) is 1.21. The molecule has 1 saturated carbocycles. The van der Waals surface area contributed by atoms with Crippen LogP contribution in [0.2, 0.25) is 0 Å². The quantitative estimate of drug-likeness (QED) is 0.883. The summed E-state index contributed by atoms with van der Waals surface area (Å²) < 4.78 is 0. The molecule has 0 aromatic heterocycles. The first-order valence-corrected chi connectivity index (χ1v) is 8.43. The molecule has 1 aromatic carbocycles. The van der Waals surface area contributed by atoms with Gasteiger partial charge in [-0.2, -0.15) is 0 Å². The van der Waals surface area contributed by atoms with Crippen LogP contribution in [-0.2, 0) is 6.54 Å². The van der Waals surface area contributed by atoms with E-state index in [9.17, 15) is 0 Å². The van der Waals surface area contributed by atoms with E-state index in [-0.39, 0.29) is 5.41 Å². The molecule has 0 atom stereocenters. The second kappa shape index (κ2) is 5.71. The van der Waals surface area contributed by atoms with Crippen LogP contribution < -0.4 is 5.32 Å². The Bertz CT molecular complexity index is 634. The number of nitrogens with zero attached hydrogens (tertiary/aromatic N) is 2. The van der Waals surface area contributed by atoms with Crippen molar-refractivity contribution in [3.05, 3.63) is 47.2 Å². The average Bonchev–Trinajstić information content (AvgIpc) is 3.01. The Hall–Kier alpha value is -1.90. The van der Waals surface area contributed by atoms with Crippen molar-refractivity contribution in [2.45, 2.75) is 45.1 Å². The largest absolute Gasteiger partial charge is 0.342 e. The molecule has 1 aromatic rings. The van der Waals surface area contributed by atoms with Gasteiger partial charge >= 0.3 is 0 Å². The summed E-state index contributed by atoms with van der Waals surface area (Å²) >= 11 is 0. The highest BCUT2D eigenvalue weighted by molar-refractivity contribution is 5.98. The van der Waals surface area contributed by atoms with Crippen molar-refractivity contribution in [3.63, 3.8) is 0 Å². The summed E-state index contributed by atoms with van der Waals surface area (Å²) in [6.45, 7) is 1.65. The number of rotatable bonds is 2. The lowest BCUT2D eigenvalue weighted by molar-refractivity contribution is 0.269. The van der Waals surface area contributed by atoms with E-state index in [0.717, 1.165) is 19.5 Å². The number of nitrogens with one attached hydrogen (secondary N) is 1. The van der Waals surface area contributed by atoms with Crippen LogP contribution in [0.5, 0.6) is 0 Å². The third-order valence-electron chi connectivity index (χ3n) is 5.26. The van der Waals surface area contributed by atoms with E-state index in [4.69, 9.17) is 4.99 Å². The van der Waals surface area contributed by atoms with E-state index in [0.29, 0.717) is 0 Å². The predicted octanol–water partition coefficient (Wildman–Crippen LogP) is 3.87. The fraction of sp³-hybridized carbons (Fsp3) is 0.474. The molecule has 1 fully saturated rings. The average molecular weight is 293 g/mol. The zero-order valence-electron chi connectivity index (χ0n) is 13.0. The monoisotopic (exact) mass is 293 g/mol. The van der Waals surface area contributed by atoms with Crippen LogP contribution in [0.4, 0.5) is 0 Å². The number of amidine groups is 1. The summed E-state index contributed by atoms with van der Waals surface area (Å²) in [6.07, 6.45) is 9.71. The maximum absolute atomic E-state index is 5.00. The lowest BCUT2D eigenvalue weighted by Crippen LogP contribution is -2.46. The lowest BCUT2D eigenvalue weighted by Gasteiger charge is -2.42. The van der Waals surface area contributed by atoms with Crippen LogP contribution in [0.1, 0.15) is 44.1 Å². The molecule has 22 heavy (non-hydrogen) atoms. The second-order valence-electron chi connectivity index (χ2n) is 6.78. The van der Waals surface area contributed by atoms with Crippen LogP contribution in [0.3, 0.4) is 0 Å². The fourth-order valence-electron chi connectivity index (χ4n) is 4.05. The Balaban J connectivity index is 1.63. The molecular formula is C19H23N3. The first kappa shape index (κ1) is 13.7. The standard InChI is InChI=1S/C19H23N3/c1-3-7-15(8-4-1)12-21-18-19(9-5-2-6-10-19)11-16-13-20-14-17(16)22-18/h1,3-4,7-8,14H,2,5-6,9-13H2,(H,21,22). The Kier molecular flexibility index (Phi) is 3.57. The SMILES string of the molecule is C1=NCC2=C1NC(=NCc1ccccc1)C1(CCCCC1)C2. The molecule has 2 aliphatic heterocycles. The molecule has 3 heteroatoms. The molecule has 0 amide bonds. The third kappa shape index (κ3) is 2.49. The van der Waals surface area contributed by atoms with E-state index in [1.54, 1.807) is 0 Å². The summed E-state index contributed by atoms with van der Waals surface area (Å²) in [5, 5.41) is 3.63. The summed E-state index contributed by atoms with van der Waals surface area (Å²) in [6, 6.07) is 10.5. The van der Waals surface area contributed by atoms with Gasteiger partial charge in [-0.25, -0.2) is 0 Å². The van der Waals surface area contributed by atoms with Crippen LogP contribution in [0.25, 0.3) is 0 Å². The van der Waals surface area contributed by atoms with Crippen LogP contribution in [0.15, 0.2) is 51.6 Å². The number of aliphatic imine (C=N–C) groups is 2. The van der Waals surface area contributed by atoms with Crippen molar-refractivity contribution < 1.29 is 0 Å². The van der Waals surface area contributed by atoms with E-state index in [2.05, 4.69) is 40.6 Å². The molecule has 1 aliphatic carbocycles. The van der Waals surface area contributed by atoms with E-state index < -0.39 is 0 Å². The van der Waals surface area contributed by atoms with Gasteiger partial charge in [-0.3, -0.25) is 9.98 Å². The normalized spacial score (nSPS) is 24.6. The van der Waals surface area contributed by atoms with E-state index >= 15 is 0 Å². The smallest absolute Gasteiger partial charge is 0.108 e. The van der Waals surface area contributed by atoms with Gasteiger partial charge in [-0.1, -0.05) is 49.6 Å². The van der Waals surface area contributed by atoms with Crippen molar-refractivity contribution in [1.82, 2.24) is 5.32 Å². The van der Waals surface area contributed by atoms with E-state index in [1.807, 2.05) is 6.21 Å². The number of benzene rings is 1. The molecule has 0 saturated heterocycles. The highest BCUT2D eigenvalue weighted by Gasteiger charge is 2.42. The fourth-order valence-corrected chi connectivity index (χ4v) is 4.05. The topological polar surface area (TPSA) is 36.8 Å². The van der Waals surface area contributed by atoms with Gasteiger partial charge in [-0.15, -0.1) is 0 Å². The van der Waals surface area contributed by atoms with Crippen molar-refractivity contribution in [1.29, 1.82) is 0 Å². The van der Waals surface area contributed by atoms with E-state index in [1.165, 1.54) is 54.8 Å². The first-order chi connectivity index (χ1) is 10.9. The molecular weight excluding hydrogens is 270 g/mol. The van der Waals surface area contributed by atoms with Gasteiger partial charge in [0.2, 0.25) is 0 Å². The van der Waals surface area contributed by atoms with Crippen molar-refractivity contribution in [2.75, 3.05) is 6.54 Å². The Morgan fingerprint density at radius 1 is 1.09 bits per heavy atom. The van der Waals surface area contributed by atoms with Gasteiger partial charge in [0.25, 0.3) is 0 Å². The van der Waals surface area contributed by atoms with Gasteiger partial charge in [0, 0.05) is 11.6 Å². The maximum atomic E-state index is 5.00. The minimum atomic E-state index is 0.250. The van der Waals surface area contributed by atoms with Gasteiger partial charge in [-0.05, 0) is 30.4 Å². The van der Waals surface area contributed by atoms with Crippen LogP contribution in [-0.4, -0.2) is 18.6 Å². The molecule has 2 heterocycles. The zero-order chi connectivity index (χ0) is 14.8. The lowest BCUT2D eigenvalue weighted by atomic mass is 9.67. The van der Waals surface area contributed by atoms with Crippen molar-refractivity contribution in [3.8, 4) is 0 Å². The predicted molar refractivity (Wildman–Crippen MR) is 91.2 cm³/mol. The molecule has 0 bridgehead atoms. The number of hydrogen-bond donors (Lipinski definition) is 1. The molecule has 4 rings (SSSR count). The summed E-state index contributed by atoms with van der Waals surface area (Å²) in [4.78, 5) is 9.44. The third-order valence-corrected chi connectivity index (χ3v) is 5.26. The summed E-state index contributed by atoms with van der Waals surface area (Å²) in [7, 11) is 0. The number of hydrogen-bond acceptors (Lipinski definition) is 2. The van der Waals surface area contributed by atoms with Gasteiger partial charge in [0.05, 0.1) is 18.8 Å². The van der Waals surface area contributed by atoms with Gasteiger partial charge in [0.1, 0.15) is 5.84 Å². The summed E-state index contributed by atoms with van der Waals surface area (Å²) in [5.41, 5.74) is 4.23.